The molecule has 8 nitrogen and oxygen atoms in total. The molecule has 0 aliphatic carbocycles. The predicted molar refractivity (Wildman–Crippen MR) is 114 cm³/mol. The number of aromatic nitrogens is 2. The molecule has 29 heavy (non-hydrogen) atoms. The maximum Gasteiger partial charge on any atom is 0.152 e. The van der Waals surface area contributed by atoms with E-state index in [2.05, 4.69) is 46.1 Å². The third kappa shape index (κ3) is 3.45. The quantitative estimate of drug-likeness (QED) is 0.729. The molecule has 2 aromatic heterocycles. The van der Waals surface area contributed by atoms with Gasteiger partial charge < -0.3 is 25.3 Å². The molecule has 0 saturated carbocycles. The van der Waals surface area contributed by atoms with Crippen molar-refractivity contribution in [1.82, 2.24) is 25.5 Å². The first-order valence-electron chi connectivity index (χ1n) is 9.90. The number of morpholine rings is 1. The maximum atomic E-state index is 5.96. The van der Waals surface area contributed by atoms with Crippen LogP contribution in [0.4, 0.5) is 0 Å². The number of hydrogen-bond donors (Lipinski definition) is 3. The molecule has 0 amide bonds. The summed E-state index contributed by atoms with van der Waals surface area (Å²) in [7, 11) is 2.00. The van der Waals surface area contributed by atoms with Crippen molar-refractivity contribution in [2.45, 2.75) is 18.6 Å². The topological polar surface area (TPSA) is 87.9 Å². The Labute approximate surface area is 169 Å². The molecule has 1 saturated heterocycles. The van der Waals surface area contributed by atoms with E-state index in [1.807, 2.05) is 36.4 Å². The number of fused-ring (bicyclic) bond motifs is 2. The van der Waals surface area contributed by atoms with E-state index in [4.69, 9.17) is 14.7 Å². The molecule has 1 unspecified atom stereocenters. The van der Waals surface area contributed by atoms with Gasteiger partial charge in [-0.2, -0.15) is 0 Å². The van der Waals surface area contributed by atoms with Crippen molar-refractivity contribution in [1.29, 1.82) is 0 Å². The minimum absolute atomic E-state index is 0.0858. The Morgan fingerprint density at radius 2 is 2.31 bits per heavy atom. The molecule has 2 aromatic rings. The molecule has 150 valence electrons. The van der Waals surface area contributed by atoms with Crippen LogP contribution in [-0.2, 0) is 11.8 Å². The Balaban J connectivity index is 1.50. The van der Waals surface area contributed by atoms with Gasteiger partial charge >= 0.3 is 0 Å². The van der Waals surface area contributed by atoms with Crippen LogP contribution in [0, 0.1) is 0 Å². The van der Waals surface area contributed by atoms with Crippen molar-refractivity contribution in [3.05, 3.63) is 54.3 Å². The van der Waals surface area contributed by atoms with Crippen LogP contribution in [0.3, 0.4) is 0 Å². The monoisotopic (exact) mass is 391 g/mol. The lowest BCUT2D eigenvalue weighted by Crippen LogP contribution is -2.50. The van der Waals surface area contributed by atoms with Crippen molar-refractivity contribution in [2.24, 2.45) is 17.0 Å². The molecule has 2 atom stereocenters. The number of aryl methyl sites for hydroxylation is 1. The molecule has 5 rings (SSSR count). The first kappa shape index (κ1) is 18.1. The van der Waals surface area contributed by atoms with Gasteiger partial charge in [0.1, 0.15) is 11.7 Å². The fourth-order valence-electron chi connectivity index (χ4n) is 3.85. The van der Waals surface area contributed by atoms with Crippen LogP contribution in [0.5, 0.6) is 0 Å². The fourth-order valence-corrected chi connectivity index (χ4v) is 3.85. The highest BCUT2D eigenvalue weighted by Gasteiger charge is 2.30. The largest absolute Gasteiger partial charge is 0.375 e. The Morgan fingerprint density at radius 3 is 3.17 bits per heavy atom. The lowest BCUT2D eigenvalue weighted by molar-refractivity contribution is -0.0449. The smallest absolute Gasteiger partial charge is 0.152 e. The first-order chi connectivity index (χ1) is 14.1. The van der Waals surface area contributed by atoms with Gasteiger partial charge in [-0.3, -0.25) is 4.99 Å². The SMILES string of the molecule is Cn1ccc2cc(C3=NC(=NC[C@@]4(C)CNCCO4)C4NC=CNC4=C3)cnc21. The van der Waals surface area contributed by atoms with Gasteiger partial charge in [-0.1, -0.05) is 0 Å². The number of hydrogen-bond acceptors (Lipinski definition) is 6. The summed E-state index contributed by atoms with van der Waals surface area (Å²) in [6, 6.07) is 4.10. The summed E-state index contributed by atoms with van der Waals surface area (Å²) in [5.74, 6) is 0.748. The minimum atomic E-state index is -0.315. The van der Waals surface area contributed by atoms with Crippen LogP contribution in [-0.4, -0.2) is 59.0 Å². The zero-order valence-corrected chi connectivity index (χ0v) is 16.6. The van der Waals surface area contributed by atoms with E-state index in [9.17, 15) is 0 Å². The highest BCUT2D eigenvalue weighted by Crippen LogP contribution is 2.21. The van der Waals surface area contributed by atoms with Gasteiger partial charge in [-0.05, 0) is 25.1 Å². The summed E-state index contributed by atoms with van der Waals surface area (Å²) in [6.07, 6.45) is 9.72. The number of amidine groups is 1. The van der Waals surface area contributed by atoms with Crippen LogP contribution in [0.2, 0.25) is 0 Å². The van der Waals surface area contributed by atoms with Gasteiger partial charge in [0.2, 0.25) is 0 Å². The summed E-state index contributed by atoms with van der Waals surface area (Å²) in [5.41, 5.74) is 3.49. The van der Waals surface area contributed by atoms with Crippen LogP contribution < -0.4 is 16.0 Å². The summed E-state index contributed by atoms with van der Waals surface area (Å²) >= 11 is 0. The number of dihydropyridines is 1. The van der Waals surface area contributed by atoms with E-state index >= 15 is 0 Å². The van der Waals surface area contributed by atoms with Gasteiger partial charge in [-0.25, -0.2) is 9.98 Å². The van der Waals surface area contributed by atoms with E-state index in [0.717, 1.165) is 46.9 Å². The van der Waals surface area contributed by atoms with Gasteiger partial charge in [-0.15, -0.1) is 0 Å². The molecule has 0 aromatic carbocycles. The first-order valence-corrected chi connectivity index (χ1v) is 9.90. The molecular formula is C21H25N7O. The summed E-state index contributed by atoms with van der Waals surface area (Å²) in [4.78, 5) is 14.4. The second kappa shape index (κ2) is 7.13. The fraction of sp³-hybridized carbons (Fsp3) is 0.381. The highest BCUT2D eigenvalue weighted by molar-refractivity contribution is 6.18. The molecule has 0 radical (unpaired) electrons. The summed E-state index contributed by atoms with van der Waals surface area (Å²) in [5, 5.41) is 11.2. The summed E-state index contributed by atoms with van der Waals surface area (Å²) < 4.78 is 7.97. The highest BCUT2D eigenvalue weighted by atomic mass is 16.5. The Hall–Kier alpha value is -2.97. The second-order valence-electron chi connectivity index (χ2n) is 7.89. The number of allylic oxidation sites excluding steroid dienone is 1. The Morgan fingerprint density at radius 1 is 1.38 bits per heavy atom. The van der Waals surface area contributed by atoms with Crippen molar-refractivity contribution in [3.63, 3.8) is 0 Å². The van der Waals surface area contributed by atoms with Gasteiger partial charge in [0.25, 0.3) is 0 Å². The number of nitrogens with zero attached hydrogens (tertiary/aromatic N) is 4. The number of ether oxygens (including phenoxy) is 1. The molecule has 5 heterocycles. The van der Waals surface area contributed by atoms with E-state index in [-0.39, 0.29) is 11.6 Å². The Bertz CT molecular complexity index is 1060. The second-order valence-corrected chi connectivity index (χ2v) is 7.89. The normalized spacial score (nSPS) is 27.8. The third-order valence-corrected chi connectivity index (χ3v) is 5.50. The van der Waals surface area contributed by atoms with Crippen molar-refractivity contribution >= 4 is 22.6 Å². The van der Waals surface area contributed by atoms with E-state index < -0.39 is 0 Å². The van der Waals surface area contributed by atoms with E-state index in [1.165, 1.54) is 0 Å². The minimum Gasteiger partial charge on any atom is -0.375 e. The third-order valence-electron chi connectivity index (χ3n) is 5.50. The molecule has 1 fully saturated rings. The number of pyridine rings is 1. The lowest BCUT2D eigenvalue weighted by atomic mass is 10.0. The molecular weight excluding hydrogens is 366 g/mol. The van der Waals surface area contributed by atoms with Gasteiger partial charge in [0.05, 0.1) is 24.5 Å². The molecule has 0 spiro atoms. The lowest BCUT2D eigenvalue weighted by Gasteiger charge is -2.34. The van der Waals surface area contributed by atoms with E-state index in [0.29, 0.717) is 13.2 Å². The van der Waals surface area contributed by atoms with Crippen molar-refractivity contribution < 1.29 is 4.74 Å². The van der Waals surface area contributed by atoms with Crippen molar-refractivity contribution in [2.75, 3.05) is 26.2 Å². The van der Waals surface area contributed by atoms with Crippen LogP contribution in [0.15, 0.2) is 58.7 Å². The molecule has 3 aliphatic heterocycles. The standard InChI is InChI=1S/C21H25N7O/c1-21(12-22-6-8-29-21)13-26-19-18-17(23-4-5-24-18)10-16(27-19)15-9-14-3-7-28(2)20(14)25-11-15/h3-5,7,9-11,18,22-24H,6,8,12-13H2,1-2H3/t18?,21-/m1/s1. The summed E-state index contributed by atoms with van der Waals surface area (Å²) in [6.45, 7) is 5.02. The molecule has 0 bridgehead atoms. The zero-order valence-electron chi connectivity index (χ0n) is 16.6. The van der Waals surface area contributed by atoms with Crippen LogP contribution >= 0.6 is 0 Å². The van der Waals surface area contributed by atoms with Crippen LogP contribution in [0.25, 0.3) is 11.0 Å². The average molecular weight is 391 g/mol. The van der Waals surface area contributed by atoms with Gasteiger partial charge in [0, 0.05) is 61.6 Å². The number of aliphatic imine (C=N–C) groups is 2. The molecule has 3 aliphatic rings. The maximum absolute atomic E-state index is 5.96. The number of nitrogens with one attached hydrogen (secondary N) is 3. The average Bonchev–Trinajstić information content (AvgIpc) is 3.12. The predicted octanol–water partition coefficient (Wildman–Crippen LogP) is 1.07. The Kier molecular flexibility index (Phi) is 4.44. The molecule has 3 N–H and O–H groups in total. The van der Waals surface area contributed by atoms with Crippen LogP contribution in [0.1, 0.15) is 12.5 Å². The zero-order chi connectivity index (χ0) is 19.8. The molecule has 8 heteroatoms. The van der Waals surface area contributed by atoms with Gasteiger partial charge in [0.15, 0.2) is 5.84 Å². The number of rotatable bonds is 3. The van der Waals surface area contributed by atoms with Crippen molar-refractivity contribution in [3.8, 4) is 0 Å². The van der Waals surface area contributed by atoms with E-state index in [1.54, 1.807) is 0 Å².